The van der Waals surface area contributed by atoms with Crippen molar-refractivity contribution in [3.05, 3.63) is 54.1 Å². The van der Waals surface area contributed by atoms with Crippen LogP contribution in [-0.4, -0.2) is 17.2 Å². The molecule has 4 heteroatoms. The summed E-state index contributed by atoms with van der Waals surface area (Å²) in [6, 6.07) is 14.9. The first-order valence-electron chi connectivity index (χ1n) is 6.13. The molecule has 1 amide bonds. The van der Waals surface area contributed by atoms with Crippen LogP contribution < -0.4 is 10.8 Å². The fourth-order valence-electron chi connectivity index (χ4n) is 2.37. The summed E-state index contributed by atoms with van der Waals surface area (Å²) in [5.74, 6) is -0.458. The first-order valence-corrected chi connectivity index (χ1v) is 6.13. The Labute approximate surface area is 111 Å². The Morgan fingerprint density at radius 1 is 1.11 bits per heavy atom. The molecule has 0 spiro atoms. The normalized spacial score (nSPS) is 18.3. The van der Waals surface area contributed by atoms with Crippen molar-refractivity contribution >= 4 is 11.6 Å². The molecule has 0 radical (unpaired) electrons. The number of fused-ring (bicyclic) bond motifs is 1. The number of anilines is 1. The number of carbonyl (C=O) groups is 1. The van der Waals surface area contributed by atoms with Gasteiger partial charge in [-0.1, -0.05) is 36.4 Å². The highest BCUT2D eigenvalue weighted by Crippen LogP contribution is 2.30. The predicted octanol–water partition coefficient (Wildman–Crippen LogP) is 1.96. The lowest BCUT2D eigenvalue weighted by Gasteiger charge is -2.27. The molecule has 3 rings (SSSR count). The van der Waals surface area contributed by atoms with E-state index in [1.807, 2.05) is 42.5 Å². The molecule has 0 saturated heterocycles. The highest BCUT2D eigenvalue weighted by atomic mass is 16.5. The standard InChI is InChI=1S/C15H14N2O2/c16-13-9-12-8-11(10-4-2-1-3-5-10)6-7-14(12)17(19)15(13)18/h1-8,13,19H,9,16H2/t13-/m0/s1. The Hall–Kier alpha value is -2.17. The third-order valence-electron chi connectivity index (χ3n) is 3.38. The van der Waals surface area contributed by atoms with Gasteiger partial charge in [-0.25, -0.2) is 0 Å². The van der Waals surface area contributed by atoms with Gasteiger partial charge in [0.25, 0.3) is 5.91 Å². The van der Waals surface area contributed by atoms with Crippen LogP contribution >= 0.6 is 0 Å². The number of carbonyl (C=O) groups excluding carboxylic acids is 1. The van der Waals surface area contributed by atoms with E-state index < -0.39 is 11.9 Å². The lowest BCUT2D eigenvalue weighted by Crippen LogP contribution is -2.47. The van der Waals surface area contributed by atoms with Gasteiger partial charge in [-0.3, -0.25) is 10.0 Å². The third kappa shape index (κ3) is 2.01. The van der Waals surface area contributed by atoms with Crippen molar-refractivity contribution in [3.63, 3.8) is 0 Å². The van der Waals surface area contributed by atoms with Gasteiger partial charge in [-0.15, -0.1) is 0 Å². The quantitative estimate of drug-likeness (QED) is 0.764. The number of nitrogens with two attached hydrogens (primary N) is 1. The van der Waals surface area contributed by atoms with E-state index >= 15 is 0 Å². The van der Waals surface area contributed by atoms with Crippen LogP contribution in [0.25, 0.3) is 11.1 Å². The number of rotatable bonds is 1. The predicted molar refractivity (Wildman–Crippen MR) is 72.8 cm³/mol. The van der Waals surface area contributed by atoms with E-state index in [2.05, 4.69) is 0 Å². The molecule has 0 unspecified atom stereocenters. The minimum absolute atomic E-state index is 0.450. The Balaban J connectivity index is 2.06. The van der Waals surface area contributed by atoms with Gasteiger partial charge in [-0.2, -0.15) is 5.06 Å². The molecule has 0 saturated carbocycles. The zero-order chi connectivity index (χ0) is 13.4. The summed E-state index contributed by atoms with van der Waals surface area (Å²) >= 11 is 0. The zero-order valence-corrected chi connectivity index (χ0v) is 10.3. The van der Waals surface area contributed by atoms with Crippen LogP contribution in [0.2, 0.25) is 0 Å². The largest absolute Gasteiger partial charge is 0.320 e. The second-order valence-electron chi connectivity index (χ2n) is 4.67. The minimum atomic E-state index is -0.677. The van der Waals surface area contributed by atoms with Crippen LogP contribution in [0.15, 0.2) is 48.5 Å². The SMILES string of the molecule is N[C@H]1Cc2cc(-c3ccccc3)ccc2N(O)C1=O. The number of hydrogen-bond acceptors (Lipinski definition) is 3. The van der Waals surface area contributed by atoms with Crippen molar-refractivity contribution in [1.82, 2.24) is 0 Å². The number of hydrogen-bond donors (Lipinski definition) is 2. The summed E-state index contributed by atoms with van der Waals surface area (Å²) < 4.78 is 0. The van der Waals surface area contributed by atoms with Gasteiger partial charge < -0.3 is 5.73 Å². The Morgan fingerprint density at radius 3 is 2.58 bits per heavy atom. The second-order valence-corrected chi connectivity index (χ2v) is 4.67. The molecule has 0 bridgehead atoms. The monoisotopic (exact) mass is 254 g/mol. The lowest BCUT2D eigenvalue weighted by molar-refractivity contribution is -0.125. The molecular weight excluding hydrogens is 240 g/mol. The molecule has 2 aromatic carbocycles. The van der Waals surface area contributed by atoms with Crippen molar-refractivity contribution in [2.75, 3.05) is 5.06 Å². The molecular formula is C15H14N2O2. The van der Waals surface area contributed by atoms with Crippen LogP contribution in [0.1, 0.15) is 5.56 Å². The van der Waals surface area contributed by atoms with Crippen molar-refractivity contribution in [3.8, 4) is 11.1 Å². The van der Waals surface area contributed by atoms with Gasteiger partial charge in [-0.05, 0) is 35.2 Å². The molecule has 1 aliphatic rings. The summed E-state index contributed by atoms with van der Waals surface area (Å²) in [4.78, 5) is 11.6. The first kappa shape index (κ1) is 11.9. The summed E-state index contributed by atoms with van der Waals surface area (Å²) in [5, 5.41) is 10.4. The topological polar surface area (TPSA) is 66.6 Å². The molecule has 4 nitrogen and oxygen atoms in total. The van der Waals surface area contributed by atoms with E-state index in [-0.39, 0.29) is 0 Å². The first-order chi connectivity index (χ1) is 9.16. The Kier molecular flexibility index (Phi) is 2.81. The average Bonchev–Trinajstić information content (AvgIpc) is 2.45. The fourth-order valence-corrected chi connectivity index (χ4v) is 2.37. The van der Waals surface area contributed by atoms with Gasteiger partial charge in [0, 0.05) is 0 Å². The second kappa shape index (κ2) is 4.50. The third-order valence-corrected chi connectivity index (χ3v) is 3.38. The van der Waals surface area contributed by atoms with Crippen molar-refractivity contribution in [2.45, 2.75) is 12.5 Å². The molecule has 96 valence electrons. The highest BCUT2D eigenvalue weighted by Gasteiger charge is 2.29. The van der Waals surface area contributed by atoms with E-state index in [0.29, 0.717) is 17.2 Å². The van der Waals surface area contributed by atoms with E-state index in [1.54, 1.807) is 6.07 Å². The summed E-state index contributed by atoms with van der Waals surface area (Å²) in [7, 11) is 0. The van der Waals surface area contributed by atoms with Gasteiger partial charge in [0.2, 0.25) is 0 Å². The van der Waals surface area contributed by atoms with Crippen LogP contribution in [0.3, 0.4) is 0 Å². The van der Waals surface area contributed by atoms with Crippen LogP contribution in [0, 0.1) is 0 Å². The number of benzene rings is 2. The van der Waals surface area contributed by atoms with Gasteiger partial charge in [0.1, 0.15) is 0 Å². The van der Waals surface area contributed by atoms with Crippen LogP contribution in [0.5, 0.6) is 0 Å². The van der Waals surface area contributed by atoms with Gasteiger partial charge in [0.15, 0.2) is 0 Å². The maximum Gasteiger partial charge on any atom is 0.267 e. The smallest absolute Gasteiger partial charge is 0.267 e. The van der Waals surface area contributed by atoms with E-state index in [4.69, 9.17) is 5.73 Å². The summed E-state index contributed by atoms with van der Waals surface area (Å²) in [6.07, 6.45) is 0.450. The fraction of sp³-hybridized carbons (Fsp3) is 0.133. The van der Waals surface area contributed by atoms with Crippen molar-refractivity contribution in [1.29, 1.82) is 0 Å². The molecule has 0 aliphatic carbocycles. The maximum atomic E-state index is 11.6. The maximum absolute atomic E-state index is 11.6. The number of nitrogens with zero attached hydrogens (tertiary/aromatic N) is 1. The Morgan fingerprint density at radius 2 is 1.84 bits per heavy atom. The van der Waals surface area contributed by atoms with Crippen LogP contribution in [-0.2, 0) is 11.2 Å². The van der Waals surface area contributed by atoms with E-state index in [1.165, 1.54) is 0 Å². The lowest BCUT2D eigenvalue weighted by atomic mass is 9.95. The van der Waals surface area contributed by atoms with Crippen LogP contribution in [0.4, 0.5) is 5.69 Å². The molecule has 0 fully saturated rings. The summed E-state index contributed by atoms with van der Waals surface area (Å²) in [6.45, 7) is 0. The molecule has 2 aromatic rings. The van der Waals surface area contributed by atoms with Gasteiger partial charge >= 0.3 is 0 Å². The molecule has 1 heterocycles. The highest BCUT2D eigenvalue weighted by molar-refractivity contribution is 5.98. The molecule has 19 heavy (non-hydrogen) atoms. The number of hydroxylamine groups is 1. The molecule has 3 N–H and O–H groups in total. The van der Waals surface area contributed by atoms with Crippen molar-refractivity contribution in [2.24, 2.45) is 5.73 Å². The molecule has 1 aliphatic heterocycles. The van der Waals surface area contributed by atoms with E-state index in [9.17, 15) is 10.0 Å². The van der Waals surface area contributed by atoms with Gasteiger partial charge in [0.05, 0.1) is 11.7 Å². The van der Waals surface area contributed by atoms with Crippen molar-refractivity contribution < 1.29 is 10.0 Å². The minimum Gasteiger partial charge on any atom is -0.320 e. The Bertz CT molecular complexity index is 625. The molecule has 0 aromatic heterocycles. The summed E-state index contributed by atoms with van der Waals surface area (Å²) in [5.41, 5.74) is 9.27. The van der Waals surface area contributed by atoms with E-state index in [0.717, 1.165) is 16.7 Å². The average molecular weight is 254 g/mol. The zero-order valence-electron chi connectivity index (χ0n) is 10.3. The number of amides is 1. The molecule has 1 atom stereocenters.